The Labute approximate surface area is 119 Å². The van der Waals surface area contributed by atoms with Gasteiger partial charge in [0.15, 0.2) is 0 Å². The highest BCUT2D eigenvalue weighted by Gasteiger charge is 2.30. The number of carboxylic acids is 1. The van der Waals surface area contributed by atoms with Crippen LogP contribution in [0.2, 0.25) is 0 Å². The third-order valence-electron chi connectivity index (χ3n) is 4.66. The first kappa shape index (κ1) is 13.2. The molecule has 1 unspecified atom stereocenters. The van der Waals surface area contributed by atoms with Crippen molar-refractivity contribution in [3.05, 3.63) is 35.0 Å². The predicted molar refractivity (Wildman–Crippen MR) is 80.2 cm³/mol. The number of rotatable bonds is 1. The Morgan fingerprint density at radius 3 is 2.75 bits per heavy atom. The fourth-order valence-electron chi connectivity index (χ4n) is 3.29. The zero-order chi connectivity index (χ0) is 14.5. The number of fused-ring (bicyclic) bond motifs is 3. The molecule has 0 aliphatic heterocycles. The van der Waals surface area contributed by atoms with E-state index in [2.05, 4.69) is 25.8 Å². The Balaban J connectivity index is 2.09. The standard InChI is InChI=1S/C17H21NO2/c1-17(2,3)11-5-7-15-13(9-11)12-8-10(16(19)20)4-6-14(12)18-15/h4,6,8,11,18H,5,7,9H2,1-3H3,(H,19,20). The lowest BCUT2D eigenvalue weighted by Crippen LogP contribution is -2.26. The number of nitrogens with one attached hydrogen (secondary N) is 1. The summed E-state index contributed by atoms with van der Waals surface area (Å²) >= 11 is 0. The Morgan fingerprint density at radius 2 is 2.10 bits per heavy atom. The van der Waals surface area contributed by atoms with E-state index in [1.165, 1.54) is 17.7 Å². The lowest BCUT2D eigenvalue weighted by atomic mass is 9.71. The van der Waals surface area contributed by atoms with Gasteiger partial charge in [0.25, 0.3) is 0 Å². The minimum absolute atomic E-state index is 0.297. The number of carbonyl (C=O) groups is 1. The van der Waals surface area contributed by atoms with Gasteiger partial charge in [0.2, 0.25) is 0 Å². The summed E-state index contributed by atoms with van der Waals surface area (Å²) in [7, 11) is 0. The molecular formula is C17H21NO2. The number of aromatic carboxylic acids is 1. The molecule has 0 radical (unpaired) electrons. The van der Waals surface area contributed by atoms with E-state index in [0.29, 0.717) is 16.9 Å². The van der Waals surface area contributed by atoms with Crippen molar-refractivity contribution in [3.8, 4) is 0 Å². The minimum Gasteiger partial charge on any atom is -0.478 e. The molecule has 0 spiro atoms. The van der Waals surface area contributed by atoms with Crippen LogP contribution in [-0.4, -0.2) is 16.1 Å². The molecule has 1 aliphatic rings. The fraction of sp³-hybridized carbons (Fsp3) is 0.471. The van der Waals surface area contributed by atoms with Gasteiger partial charge in [-0.05, 0) is 54.4 Å². The number of aryl methyl sites for hydroxylation is 1. The molecular weight excluding hydrogens is 250 g/mol. The van der Waals surface area contributed by atoms with Crippen LogP contribution in [0, 0.1) is 11.3 Å². The molecule has 1 heterocycles. The molecule has 1 atom stereocenters. The molecule has 3 heteroatoms. The van der Waals surface area contributed by atoms with Crippen LogP contribution in [-0.2, 0) is 12.8 Å². The van der Waals surface area contributed by atoms with Crippen LogP contribution in [0.3, 0.4) is 0 Å². The topological polar surface area (TPSA) is 53.1 Å². The predicted octanol–water partition coefficient (Wildman–Crippen LogP) is 4.02. The molecule has 3 nitrogen and oxygen atoms in total. The van der Waals surface area contributed by atoms with Gasteiger partial charge < -0.3 is 10.1 Å². The van der Waals surface area contributed by atoms with Gasteiger partial charge in [-0.2, -0.15) is 0 Å². The van der Waals surface area contributed by atoms with E-state index in [1.807, 2.05) is 12.1 Å². The summed E-state index contributed by atoms with van der Waals surface area (Å²) in [4.78, 5) is 14.6. The third kappa shape index (κ3) is 2.11. The fourth-order valence-corrected chi connectivity index (χ4v) is 3.29. The van der Waals surface area contributed by atoms with Gasteiger partial charge in [-0.15, -0.1) is 0 Å². The first-order valence-electron chi connectivity index (χ1n) is 7.23. The Hall–Kier alpha value is -1.77. The SMILES string of the molecule is CC(C)(C)C1CCc2[nH]c3ccc(C(=O)O)cc3c2C1. The van der Waals surface area contributed by atoms with Crippen molar-refractivity contribution >= 4 is 16.9 Å². The maximum atomic E-state index is 11.1. The molecule has 1 aliphatic carbocycles. The Kier molecular flexibility index (Phi) is 2.89. The number of aromatic nitrogens is 1. The van der Waals surface area contributed by atoms with Crippen molar-refractivity contribution in [1.29, 1.82) is 0 Å². The normalized spacial score (nSPS) is 19.1. The van der Waals surface area contributed by atoms with Crippen LogP contribution in [0.15, 0.2) is 18.2 Å². The molecule has 0 fully saturated rings. The van der Waals surface area contributed by atoms with E-state index in [4.69, 9.17) is 5.11 Å². The van der Waals surface area contributed by atoms with Crippen LogP contribution in [0.1, 0.15) is 48.8 Å². The van der Waals surface area contributed by atoms with Crippen molar-refractivity contribution in [3.63, 3.8) is 0 Å². The lowest BCUT2D eigenvalue weighted by molar-refractivity contribution is 0.0697. The van der Waals surface area contributed by atoms with Crippen LogP contribution >= 0.6 is 0 Å². The number of aromatic amines is 1. The maximum Gasteiger partial charge on any atom is 0.335 e. The molecule has 0 amide bonds. The van der Waals surface area contributed by atoms with Crippen molar-refractivity contribution in [2.24, 2.45) is 11.3 Å². The second-order valence-electron chi connectivity index (χ2n) is 6.95. The molecule has 0 saturated heterocycles. The first-order valence-corrected chi connectivity index (χ1v) is 7.23. The second kappa shape index (κ2) is 4.37. The highest BCUT2D eigenvalue weighted by Crippen LogP contribution is 2.39. The number of benzene rings is 1. The summed E-state index contributed by atoms with van der Waals surface area (Å²) in [6.45, 7) is 6.88. The Morgan fingerprint density at radius 1 is 1.35 bits per heavy atom. The van der Waals surface area contributed by atoms with Gasteiger partial charge in [-0.3, -0.25) is 0 Å². The van der Waals surface area contributed by atoms with Crippen LogP contribution in [0.4, 0.5) is 0 Å². The quantitative estimate of drug-likeness (QED) is 0.823. The van der Waals surface area contributed by atoms with Crippen molar-refractivity contribution in [1.82, 2.24) is 4.98 Å². The van der Waals surface area contributed by atoms with Crippen LogP contribution in [0.25, 0.3) is 10.9 Å². The second-order valence-corrected chi connectivity index (χ2v) is 6.95. The minimum atomic E-state index is -0.856. The molecule has 1 aromatic heterocycles. The highest BCUT2D eigenvalue weighted by atomic mass is 16.4. The van der Waals surface area contributed by atoms with E-state index in [9.17, 15) is 4.79 Å². The van der Waals surface area contributed by atoms with E-state index >= 15 is 0 Å². The maximum absolute atomic E-state index is 11.1. The molecule has 3 rings (SSSR count). The van der Waals surface area contributed by atoms with Crippen molar-refractivity contribution in [2.45, 2.75) is 40.0 Å². The number of hydrogen-bond acceptors (Lipinski definition) is 1. The molecule has 0 bridgehead atoms. The first-order chi connectivity index (χ1) is 9.36. The van der Waals surface area contributed by atoms with E-state index in [1.54, 1.807) is 6.07 Å². The molecule has 2 aromatic rings. The molecule has 20 heavy (non-hydrogen) atoms. The van der Waals surface area contributed by atoms with Gasteiger partial charge in [-0.1, -0.05) is 20.8 Å². The monoisotopic (exact) mass is 271 g/mol. The van der Waals surface area contributed by atoms with Crippen molar-refractivity contribution in [2.75, 3.05) is 0 Å². The molecule has 106 valence electrons. The number of carboxylic acid groups (broad SMARTS) is 1. The molecule has 1 aromatic carbocycles. The summed E-state index contributed by atoms with van der Waals surface area (Å²) in [6.07, 6.45) is 3.31. The van der Waals surface area contributed by atoms with Gasteiger partial charge in [0.1, 0.15) is 0 Å². The van der Waals surface area contributed by atoms with Crippen LogP contribution in [0.5, 0.6) is 0 Å². The van der Waals surface area contributed by atoms with Gasteiger partial charge >= 0.3 is 5.97 Å². The van der Waals surface area contributed by atoms with Crippen LogP contribution < -0.4 is 0 Å². The number of hydrogen-bond donors (Lipinski definition) is 2. The van der Waals surface area contributed by atoms with Gasteiger partial charge in [0, 0.05) is 16.6 Å². The lowest BCUT2D eigenvalue weighted by Gasteiger charge is -2.34. The summed E-state index contributed by atoms with van der Waals surface area (Å²) in [5, 5.41) is 10.2. The summed E-state index contributed by atoms with van der Waals surface area (Å²) in [5.74, 6) is -0.201. The summed E-state index contributed by atoms with van der Waals surface area (Å²) in [6, 6.07) is 5.38. The zero-order valence-corrected chi connectivity index (χ0v) is 12.3. The van der Waals surface area contributed by atoms with E-state index in [0.717, 1.165) is 23.7 Å². The van der Waals surface area contributed by atoms with E-state index in [-0.39, 0.29) is 0 Å². The largest absolute Gasteiger partial charge is 0.478 e. The van der Waals surface area contributed by atoms with Crippen molar-refractivity contribution < 1.29 is 9.90 Å². The van der Waals surface area contributed by atoms with Gasteiger partial charge in [0.05, 0.1) is 5.56 Å². The smallest absolute Gasteiger partial charge is 0.335 e. The van der Waals surface area contributed by atoms with Gasteiger partial charge in [-0.25, -0.2) is 4.79 Å². The molecule has 2 N–H and O–H groups in total. The summed E-state index contributed by atoms with van der Waals surface area (Å²) in [5.41, 5.74) is 4.36. The Bertz CT molecular complexity index is 676. The average Bonchev–Trinajstić information content (AvgIpc) is 2.74. The summed E-state index contributed by atoms with van der Waals surface area (Å²) < 4.78 is 0. The average molecular weight is 271 g/mol. The number of H-pyrrole nitrogens is 1. The third-order valence-corrected chi connectivity index (χ3v) is 4.66. The zero-order valence-electron chi connectivity index (χ0n) is 12.3. The molecule has 0 saturated carbocycles. The highest BCUT2D eigenvalue weighted by molar-refractivity contribution is 5.95. The van der Waals surface area contributed by atoms with E-state index < -0.39 is 5.97 Å².